The lowest BCUT2D eigenvalue weighted by atomic mass is 10.1. The Labute approximate surface area is 243 Å². The second-order valence-corrected chi connectivity index (χ2v) is 9.52. The van der Waals surface area contributed by atoms with Crippen molar-refractivity contribution in [3.05, 3.63) is 91.0 Å². The quantitative estimate of drug-likeness (QED) is 0.103. The molecule has 0 aliphatic carbocycles. The molecule has 0 aromatic heterocycles. The summed E-state index contributed by atoms with van der Waals surface area (Å²) in [6, 6.07) is 15.0. The summed E-state index contributed by atoms with van der Waals surface area (Å²) >= 11 is 2.06. The highest BCUT2D eigenvalue weighted by Crippen LogP contribution is 2.35. The summed E-state index contributed by atoms with van der Waals surface area (Å²) in [6.07, 6.45) is 1.39. The van der Waals surface area contributed by atoms with E-state index in [1.807, 2.05) is 6.92 Å². The van der Waals surface area contributed by atoms with Crippen molar-refractivity contribution in [1.29, 1.82) is 0 Å². The normalized spacial score (nSPS) is 14.2. The van der Waals surface area contributed by atoms with Crippen LogP contribution in [0, 0.1) is 13.7 Å². The van der Waals surface area contributed by atoms with E-state index < -0.39 is 22.8 Å². The Morgan fingerprint density at radius 3 is 2.27 bits per heavy atom. The molecule has 1 aliphatic rings. The van der Waals surface area contributed by atoms with Crippen LogP contribution in [0.3, 0.4) is 0 Å². The van der Waals surface area contributed by atoms with Crippen LogP contribution in [0.25, 0.3) is 6.08 Å². The largest absolute Gasteiger partial charge is 0.494 e. The first-order valence-corrected chi connectivity index (χ1v) is 13.3. The number of hydrogen-bond acceptors (Lipinski definition) is 8. The summed E-state index contributed by atoms with van der Waals surface area (Å²) in [4.78, 5) is 50.1. The zero-order valence-corrected chi connectivity index (χ0v) is 23.7. The lowest BCUT2D eigenvalue weighted by Gasteiger charge is -2.28. The molecule has 0 unspecified atom stereocenters. The number of nitro benzene ring substituents is 1. The van der Waals surface area contributed by atoms with Gasteiger partial charge in [0.1, 0.15) is 29.4 Å². The maximum absolute atomic E-state index is 13.5. The number of nitro groups is 1. The van der Waals surface area contributed by atoms with Gasteiger partial charge in [-0.25, -0.2) is 9.69 Å². The second-order valence-electron chi connectivity index (χ2n) is 8.36. The molecule has 1 aliphatic heterocycles. The van der Waals surface area contributed by atoms with E-state index >= 15 is 0 Å². The summed E-state index contributed by atoms with van der Waals surface area (Å²) in [7, 11) is 0. The molecule has 11 nitrogen and oxygen atoms in total. The van der Waals surface area contributed by atoms with E-state index in [-0.39, 0.29) is 29.3 Å². The minimum Gasteiger partial charge on any atom is -0.494 e. The number of ether oxygens (including phenoxy) is 3. The Bertz CT molecular complexity index is 1500. The van der Waals surface area contributed by atoms with Gasteiger partial charge in [0, 0.05) is 18.2 Å². The van der Waals surface area contributed by atoms with Gasteiger partial charge in [-0.3, -0.25) is 25.0 Å². The van der Waals surface area contributed by atoms with Crippen LogP contribution in [0.4, 0.5) is 16.2 Å². The maximum Gasteiger partial charge on any atom is 0.336 e. The summed E-state index contributed by atoms with van der Waals surface area (Å²) in [5.41, 5.74) is 1.19. The number of halogens is 1. The van der Waals surface area contributed by atoms with Gasteiger partial charge in [-0.1, -0.05) is 6.07 Å². The zero-order valence-electron chi connectivity index (χ0n) is 21.5. The number of amides is 4. The average molecular weight is 657 g/mol. The highest BCUT2D eigenvalue weighted by molar-refractivity contribution is 14.1. The smallest absolute Gasteiger partial charge is 0.336 e. The van der Waals surface area contributed by atoms with Gasteiger partial charge in [-0.2, -0.15) is 0 Å². The maximum atomic E-state index is 13.5. The van der Waals surface area contributed by atoms with Crippen LogP contribution in [0.1, 0.15) is 25.0 Å². The number of rotatable bonds is 10. The van der Waals surface area contributed by atoms with Crippen molar-refractivity contribution in [3.63, 3.8) is 0 Å². The van der Waals surface area contributed by atoms with Crippen molar-refractivity contribution in [1.82, 2.24) is 5.32 Å². The first kappa shape index (κ1) is 28.5. The van der Waals surface area contributed by atoms with Gasteiger partial charge in [0.25, 0.3) is 17.5 Å². The number of barbiturate groups is 1. The monoisotopic (exact) mass is 657 g/mol. The highest BCUT2D eigenvalue weighted by atomic mass is 127. The van der Waals surface area contributed by atoms with Crippen molar-refractivity contribution >= 4 is 57.9 Å². The van der Waals surface area contributed by atoms with Crippen LogP contribution in [0.2, 0.25) is 0 Å². The zero-order chi connectivity index (χ0) is 28.8. The van der Waals surface area contributed by atoms with E-state index in [0.717, 1.165) is 10.5 Å². The fraction of sp³-hybridized carbons (Fsp3) is 0.179. The van der Waals surface area contributed by atoms with Gasteiger partial charge >= 0.3 is 6.03 Å². The fourth-order valence-electron chi connectivity index (χ4n) is 3.85. The Morgan fingerprint density at radius 2 is 1.62 bits per heavy atom. The van der Waals surface area contributed by atoms with Crippen LogP contribution < -0.4 is 24.4 Å². The molecule has 12 heteroatoms. The summed E-state index contributed by atoms with van der Waals surface area (Å²) < 4.78 is 17.7. The molecule has 0 atom stereocenters. The first-order chi connectivity index (χ1) is 19.2. The van der Waals surface area contributed by atoms with Gasteiger partial charge in [0.05, 0.1) is 27.4 Å². The number of anilines is 1. The highest BCUT2D eigenvalue weighted by Gasteiger charge is 2.38. The number of nitrogens with one attached hydrogen (secondary N) is 1. The molecular formula is C28H24IN3O8. The summed E-state index contributed by atoms with van der Waals surface area (Å²) in [5.74, 6) is -0.364. The molecule has 1 saturated heterocycles. The molecule has 0 spiro atoms. The topological polar surface area (TPSA) is 137 Å². The molecule has 4 amide bonds. The third-order valence-corrected chi connectivity index (χ3v) is 6.54. The van der Waals surface area contributed by atoms with Crippen molar-refractivity contribution in [2.24, 2.45) is 0 Å². The third kappa shape index (κ3) is 6.39. The predicted molar refractivity (Wildman–Crippen MR) is 154 cm³/mol. The van der Waals surface area contributed by atoms with E-state index in [1.165, 1.54) is 24.3 Å². The van der Waals surface area contributed by atoms with Crippen molar-refractivity contribution in [2.75, 3.05) is 18.1 Å². The standard InChI is InChI=1S/C28H24IN3O8/c1-3-38-20-10-12-25(39-4-2)23(15-20)31-27(34)21(26(33)30-28(31)35)13-18-7-11-24(22(29)14-18)40-16-17-5-8-19(9-6-17)32(36)37/h5-15H,3-4,16H2,1-2H3,(H,30,33,35)/b21-13+. The molecule has 0 saturated carbocycles. The minimum atomic E-state index is -0.897. The first-order valence-electron chi connectivity index (χ1n) is 12.2. The number of nitrogens with zero attached hydrogens (tertiary/aromatic N) is 2. The van der Waals surface area contributed by atoms with Crippen LogP contribution in [-0.2, 0) is 16.2 Å². The number of carbonyl (C=O) groups excluding carboxylic acids is 3. The molecule has 1 fully saturated rings. The number of carbonyl (C=O) groups is 3. The van der Waals surface area contributed by atoms with E-state index in [9.17, 15) is 24.5 Å². The number of urea groups is 1. The molecule has 0 bridgehead atoms. The van der Waals surface area contributed by atoms with Gasteiger partial charge in [-0.05, 0) is 90.0 Å². The predicted octanol–water partition coefficient (Wildman–Crippen LogP) is 5.24. The fourth-order valence-corrected chi connectivity index (χ4v) is 4.54. The summed E-state index contributed by atoms with van der Waals surface area (Å²) in [5, 5.41) is 13.0. The Morgan fingerprint density at radius 1 is 0.925 bits per heavy atom. The lowest BCUT2D eigenvalue weighted by molar-refractivity contribution is -0.384. The van der Waals surface area contributed by atoms with Crippen LogP contribution in [0.5, 0.6) is 17.2 Å². The number of imide groups is 2. The van der Waals surface area contributed by atoms with Crippen molar-refractivity contribution < 1.29 is 33.5 Å². The molecule has 3 aromatic rings. The molecule has 3 aromatic carbocycles. The van der Waals surface area contributed by atoms with Gasteiger partial charge in [0.15, 0.2) is 0 Å². The van der Waals surface area contributed by atoms with Gasteiger partial charge < -0.3 is 14.2 Å². The molecule has 0 radical (unpaired) electrons. The SMILES string of the molecule is CCOc1ccc(OCC)c(N2C(=O)NC(=O)/C(=C\c3ccc(OCc4ccc([N+](=O)[O-])cc4)c(I)c3)C2=O)c1. The second kappa shape index (κ2) is 12.6. The van der Waals surface area contributed by atoms with E-state index in [4.69, 9.17) is 14.2 Å². The average Bonchev–Trinajstić information content (AvgIpc) is 2.92. The molecule has 1 N–H and O–H groups in total. The summed E-state index contributed by atoms with van der Waals surface area (Å²) in [6.45, 7) is 4.44. The van der Waals surface area contributed by atoms with Crippen molar-refractivity contribution in [2.45, 2.75) is 20.5 Å². The number of hydrogen-bond donors (Lipinski definition) is 1. The van der Waals surface area contributed by atoms with Crippen molar-refractivity contribution in [3.8, 4) is 17.2 Å². The van der Waals surface area contributed by atoms with Crippen LogP contribution >= 0.6 is 22.6 Å². The van der Waals surface area contributed by atoms with E-state index in [1.54, 1.807) is 49.4 Å². The molecule has 4 rings (SSSR count). The Balaban J connectivity index is 1.58. The number of non-ortho nitro benzene ring substituents is 1. The molecular weight excluding hydrogens is 633 g/mol. The molecule has 1 heterocycles. The van der Waals surface area contributed by atoms with E-state index in [2.05, 4.69) is 27.9 Å². The Kier molecular flexibility index (Phi) is 8.99. The molecule has 40 heavy (non-hydrogen) atoms. The molecule has 206 valence electrons. The van der Waals surface area contributed by atoms with Crippen LogP contribution in [0.15, 0.2) is 66.2 Å². The third-order valence-electron chi connectivity index (χ3n) is 5.69. The van der Waals surface area contributed by atoms with Gasteiger partial charge in [-0.15, -0.1) is 0 Å². The van der Waals surface area contributed by atoms with E-state index in [0.29, 0.717) is 33.8 Å². The minimum absolute atomic E-state index is 0.00612. The van der Waals surface area contributed by atoms with Crippen LogP contribution in [-0.4, -0.2) is 36.0 Å². The Hall–Kier alpha value is -4.46. The lowest BCUT2D eigenvalue weighted by Crippen LogP contribution is -2.54. The number of benzene rings is 3. The van der Waals surface area contributed by atoms with Gasteiger partial charge in [0.2, 0.25) is 0 Å².